The minimum atomic E-state index is 0.185. The van der Waals surface area contributed by atoms with Crippen LogP contribution in [0.4, 0.5) is 0 Å². The average molecular weight is 290 g/mol. The van der Waals surface area contributed by atoms with Crippen LogP contribution in [-0.4, -0.2) is 18.7 Å². The van der Waals surface area contributed by atoms with Gasteiger partial charge in [0.15, 0.2) is 0 Å². The third kappa shape index (κ3) is 3.88. The summed E-state index contributed by atoms with van der Waals surface area (Å²) in [5.74, 6) is 0. The first-order valence-electron chi connectivity index (χ1n) is 6.99. The lowest BCUT2D eigenvalue weighted by Gasteiger charge is -2.22. The van der Waals surface area contributed by atoms with Crippen molar-refractivity contribution in [2.24, 2.45) is 0 Å². The van der Waals surface area contributed by atoms with E-state index in [4.69, 9.17) is 4.74 Å². The topological polar surface area (TPSA) is 34.2 Å². The van der Waals surface area contributed by atoms with Crippen molar-refractivity contribution in [3.8, 4) is 0 Å². The summed E-state index contributed by atoms with van der Waals surface area (Å²) in [6.07, 6.45) is 3.02. The second kappa shape index (κ2) is 7.53. The van der Waals surface area contributed by atoms with Crippen LogP contribution in [-0.2, 0) is 11.2 Å². The van der Waals surface area contributed by atoms with E-state index in [0.29, 0.717) is 6.61 Å². The molecule has 0 radical (unpaired) electrons. The number of aromatic nitrogens is 1. The zero-order valence-electron chi connectivity index (χ0n) is 12.3. The number of aryl methyl sites for hydroxylation is 1. The predicted molar refractivity (Wildman–Crippen MR) is 84.1 cm³/mol. The van der Waals surface area contributed by atoms with Gasteiger partial charge in [0, 0.05) is 18.2 Å². The van der Waals surface area contributed by atoms with Gasteiger partial charge in [-0.05, 0) is 18.9 Å². The SMILES string of the molecule is CCc1cnc(C(C)NC(COC)c2ccccc2)s1. The molecule has 108 valence electrons. The molecule has 3 nitrogen and oxygen atoms in total. The summed E-state index contributed by atoms with van der Waals surface area (Å²) in [5.41, 5.74) is 1.24. The lowest BCUT2D eigenvalue weighted by molar-refractivity contribution is 0.162. The molecule has 0 spiro atoms. The minimum absolute atomic E-state index is 0.185. The Morgan fingerprint density at radius 3 is 2.65 bits per heavy atom. The van der Waals surface area contributed by atoms with Crippen LogP contribution in [0.5, 0.6) is 0 Å². The maximum Gasteiger partial charge on any atom is 0.109 e. The van der Waals surface area contributed by atoms with Gasteiger partial charge in [-0.25, -0.2) is 4.98 Å². The van der Waals surface area contributed by atoms with Crippen molar-refractivity contribution >= 4 is 11.3 Å². The van der Waals surface area contributed by atoms with Crippen molar-refractivity contribution in [1.29, 1.82) is 0 Å². The second-order valence-corrected chi connectivity index (χ2v) is 5.97. The summed E-state index contributed by atoms with van der Waals surface area (Å²) in [4.78, 5) is 5.84. The van der Waals surface area contributed by atoms with E-state index in [-0.39, 0.29) is 12.1 Å². The van der Waals surface area contributed by atoms with Gasteiger partial charge in [-0.15, -0.1) is 11.3 Å². The molecule has 0 bridgehead atoms. The maximum absolute atomic E-state index is 5.34. The number of methoxy groups -OCH3 is 1. The van der Waals surface area contributed by atoms with Gasteiger partial charge in [0.25, 0.3) is 0 Å². The van der Waals surface area contributed by atoms with Crippen LogP contribution < -0.4 is 5.32 Å². The van der Waals surface area contributed by atoms with Crippen molar-refractivity contribution in [1.82, 2.24) is 10.3 Å². The Kier molecular flexibility index (Phi) is 5.71. The monoisotopic (exact) mass is 290 g/mol. The van der Waals surface area contributed by atoms with Gasteiger partial charge in [0.1, 0.15) is 5.01 Å². The highest BCUT2D eigenvalue weighted by Gasteiger charge is 2.17. The number of ether oxygens (including phenoxy) is 1. The molecule has 1 N–H and O–H groups in total. The van der Waals surface area contributed by atoms with Crippen LogP contribution in [0.25, 0.3) is 0 Å². The van der Waals surface area contributed by atoms with Crippen LogP contribution in [0.15, 0.2) is 36.5 Å². The summed E-state index contributed by atoms with van der Waals surface area (Å²) < 4.78 is 5.34. The van der Waals surface area contributed by atoms with E-state index >= 15 is 0 Å². The standard InChI is InChI=1S/C16H22N2OS/c1-4-14-10-17-16(20-14)12(2)18-15(11-19-3)13-8-6-5-7-9-13/h5-10,12,15,18H,4,11H2,1-3H3. The van der Waals surface area contributed by atoms with Gasteiger partial charge in [0.2, 0.25) is 0 Å². The van der Waals surface area contributed by atoms with Gasteiger partial charge in [-0.2, -0.15) is 0 Å². The van der Waals surface area contributed by atoms with Crippen LogP contribution in [0.1, 0.15) is 41.4 Å². The molecule has 1 aromatic carbocycles. The van der Waals surface area contributed by atoms with Crippen molar-refractivity contribution in [3.63, 3.8) is 0 Å². The third-order valence-electron chi connectivity index (χ3n) is 3.28. The first-order valence-corrected chi connectivity index (χ1v) is 7.80. The Hall–Kier alpha value is -1.23. The summed E-state index contributed by atoms with van der Waals surface area (Å²) in [6, 6.07) is 10.8. The fourth-order valence-corrected chi connectivity index (χ4v) is 3.02. The Labute approximate surface area is 125 Å². The van der Waals surface area contributed by atoms with Crippen molar-refractivity contribution in [3.05, 3.63) is 52.0 Å². The summed E-state index contributed by atoms with van der Waals surface area (Å²) in [5, 5.41) is 4.75. The highest BCUT2D eigenvalue weighted by atomic mass is 32.1. The third-order valence-corrected chi connectivity index (χ3v) is 4.60. The second-order valence-electron chi connectivity index (χ2n) is 4.83. The van der Waals surface area contributed by atoms with Gasteiger partial charge in [0.05, 0.1) is 18.7 Å². The number of hydrogen-bond donors (Lipinski definition) is 1. The molecule has 1 aromatic heterocycles. The van der Waals surface area contributed by atoms with E-state index in [1.165, 1.54) is 10.4 Å². The number of rotatable bonds is 7. The highest BCUT2D eigenvalue weighted by molar-refractivity contribution is 7.11. The molecular weight excluding hydrogens is 268 g/mol. The molecule has 0 amide bonds. The zero-order valence-corrected chi connectivity index (χ0v) is 13.1. The Morgan fingerprint density at radius 2 is 2.05 bits per heavy atom. The van der Waals surface area contributed by atoms with Crippen LogP contribution in [0.2, 0.25) is 0 Å². The molecule has 0 aliphatic heterocycles. The van der Waals surface area contributed by atoms with E-state index in [9.17, 15) is 0 Å². The van der Waals surface area contributed by atoms with Crippen molar-refractivity contribution in [2.75, 3.05) is 13.7 Å². The number of nitrogens with one attached hydrogen (secondary N) is 1. The van der Waals surface area contributed by atoms with Crippen molar-refractivity contribution < 1.29 is 4.74 Å². The van der Waals surface area contributed by atoms with E-state index in [1.807, 2.05) is 12.3 Å². The van der Waals surface area contributed by atoms with E-state index < -0.39 is 0 Å². The first-order chi connectivity index (χ1) is 9.74. The molecule has 4 heteroatoms. The van der Waals surface area contributed by atoms with Crippen LogP contribution in [0.3, 0.4) is 0 Å². The minimum Gasteiger partial charge on any atom is -0.383 e. The fraction of sp³-hybridized carbons (Fsp3) is 0.438. The largest absolute Gasteiger partial charge is 0.383 e. The Balaban J connectivity index is 2.07. The van der Waals surface area contributed by atoms with E-state index in [0.717, 1.165) is 11.4 Å². The molecule has 0 aliphatic rings. The predicted octanol–water partition coefficient (Wildman–Crippen LogP) is 3.74. The smallest absolute Gasteiger partial charge is 0.109 e. The van der Waals surface area contributed by atoms with Gasteiger partial charge < -0.3 is 4.74 Å². The number of thiazole rings is 1. The Bertz CT molecular complexity index is 512. The molecular formula is C16H22N2OS. The summed E-state index contributed by atoms with van der Waals surface area (Å²) >= 11 is 1.78. The molecule has 0 aliphatic carbocycles. The molecule has 0 saturated heterocycles. The fourth-order valence-electron chi connectivity index (χ4n) is 2.15. The Morgan fingerprint density at radius 1 is 1.30 bits per heavy atom. The van der Waals surface area contributed by atoms with Gasteiger partial charge in [-0.3, -0.25) is 5.32 Å². The molecule has 2 aromatic rings. The normalized spacial score (nSPS) is 14.2. The van der Waals surface area contributed by atoms with E-state index in [2.05, 4.69) is 48.4 Å². The summed E-state index contributed by atoms with van der Waals surface area (Å²) in [6.45, 7) is 4.97. The molecule has 2 unspecified atom stereocenters. The number of benzene rings is 1. The number of hydrogen-bond acceptors (Lipinski definition) is 4. The number of nitrogens with zero attached hydrogens (tertiary/aromatic N) is 1. The van der Waals surface area contributed by atoms with Crippen LogP contribution in [0, 0.1) is 0 Å². The van der Waals surface area contributed by atoms with Gasteiger partial charge in [-0.1, -0.05) is 37.3 Å². The first kappa shape index (κ1) is 15.2. The lowest BCUT2D eigenvalue weighted by atomic mass is 10.1. The van der Waals surface area contributed by atoms with Crippen molar-refractivity contribution in [2.45, 2.75) is 32.4 Å². The molecule has 1 heterocycles. The lowest BCUT2D eigenvalue weighted by Crippen LogP contribution is -2.27. The summed E-state index contributed by atoms with van der Waals surface area (Å²) in [7, 11) is 1.74. The molecule has 20 heavy (non-hydrogen) atoms. The van der Waals surface area contributed by atoms with E-state index in [1.54, 1.807) is 18.4 Å². The average Bonchev–Trinajstić information content (AvgIpc) is 2.97. The molecule has 2 atom stereocenters. The molecule has 0 fully saturated rings. The zero-order chi connectivity index (χ0) is 14.4. The quantitative estimate of drug-likeness (QED) is 0.843. The molecule has 0 saturated carbocycles. The van der Waals surface area contributed by atoms with Crippen LogP contribution >= 0.6 is 11.3 Å². The van der Waals surface area contributed by atoms with Gasteiger partial charge >= 0.3 is 0 Å². The molecule has 2 rings (SSSR count). The maximum atomic E-state index is 5.34. The highest BCUT2D eigenvalue weighted by Crippen LogP contribution is 2.23.